The van der Waals surface area contributed by atoms with E-state index in [-0.39, 0.29) is 15.5 Å². The minimum atomic E-state index is 0.154. The van der Waals surface area contributed by atoms with Crippen molar-refractivity contribution < 1.29 is 4.42 Å². The molecule has 0 atom stereocenters. The van der Waals surface area contributed by atoms with E-state index in [9.17, 15) is 0 Å². The van der Waals surface area contributed by atoms with Crippen molar-refractivity contribution in [2.75, 3.05) is 0 Å². The molecule has 2 aromatic rings. The lowest BCUT2D eigenvalue weighted by Crippen LogP contribution is -1.82. The average molecular weight is 223 g/mol. The van der Waals surface area contributed by atoms with Gasteiger partial charge in [0.15, 0.2) is 21.1 Å². The van der Waals surface area contributed by atoms with E-state index in [4.69, 9.17) is 39.2 Å². The third-order valence-electron chi connectivity index (χ3n) is 1.34. The van der Waals surface area contributed by atoms with Crippen molar-refractivity contribution in [3.63, 3.8) is 0 Å². The van der Waals surface area contributed by atoms with Crippen LogP contribution in [0.1, 0.15) is 0 Å². The van der Waals surface area contributed by atoms with Crippen LogP contribution < -0.4 is 0 Å². The molecule has 0 N–H and O–H groups in total. The summed E-state index contributed by atoms with van der Waals surface area (Å²) in [5.41, 5.74) is 0.363. The highest BCUT2D eigenvalue weighted by atomic mass is 35.5. The van der Waals surface area contributed by atoms with Crippen LogP contribution in [0, 0.1) is 0 Å². The SMILES string of the molecule is Clc1cc2c(Cl)nnc(Cl)c2o1. The van der Waals surface area contributed by atoms with E-state index in [1.165, 1.54) is 0 Å². The fourth-order valence-corrected chi connectivity index (χ4v) is 1.40. The van der Waals surface area contributed by atoms with Crippen LogP contribution in [0.2, 0.25) is 15.5 Å². The Hall–Kier alpha value is -0.510. The van der Waals surface area contributed by atoms with E-state index < -0.39 is 0 Å². The van der Waals surface area contributed by atoms with Gasteiger partial charge in [-0.3, -0.25) is 0 Å². The summed E-state index contributed by atoms with van der Waals surface area (Å²) in [5.74, 6) is 0. The number of furan rings is 1. The topological polar surface area (TPSA) is 38.9 Å². The molecule has 0 unspecified atom stereocenters. The normalized spacial score (nSPS) is 10.9. The van der Waals surface area contributed by atoms with Gasteiger partial charge in [-0.15, -0.1) is 10.2 Å². The van der Waals surface area contributed by atoms with Crippen molar-refractivity contribution in [2.45, 2.75) is 0 Å². The molecule has 0 radical (unpaired) electrons. The Balaban J connectivity index is 2.93. The maximum absolute atomic E-state index is 5.69. The first kappa shape index (κ1) is 8.10. The molecule has 0 aliphatic heterocycles. The van der Waals surface area contributed by atoms with Crippen molar-refractivity contribution >= 4 is 45.8 Å². The highest BCUT2D eigenvalue weighted by molar-refractivity contribution is 6.38. The van der Waals surface area contributed by atoms with E-state index in [0.717, 1.165) is 0 Å². The quantitative estimate of drug-likeness (QED) is 0.688. The van der Waals surface area contributed by atoms with Crippen LogP contribution in [0.15, 0.2) is 10.5 Å². The van der Waals surface area contributed by atoms with Crippen molar-refractivity contribution in [1.82, 2.24) is 10.2 Å². The number of hydrogen-bond donors (Lipinski definition) is 0. The fourth-order valence-electron chi connectivity index (χ4n) is 0.855. The monoisotopic (exact) mass is 222 g/mol. The van der Waals surface area contributed by atoms with E-state index in [1.54, 1.807) is 6.07 Å². The van der Waals surface area contributed by atoms with Gasteiger partial charge in [-0.2, -0.15) is 0 Å². The number of rotatable bonds is 0. The second-order valence-electron chi connectivity index (χ2n) is 2.07. The largest absolute Gasteiger partial charge is 0.441 e. The molecule has 0 aliphatic rings. The molecule has 2 heterocycles. The zero-order valence-electron chi connectivity index (χ0n) is 5.51. The smallest absolute Gasteiger partial charge is 0.195 e. The lowest BCUT2D eigenvalue weighted by molar-refractivity contribution is 0.615. The average Bonchev–Trinajstić information content (AvgIpc) is 2.41. The summed E-state index contributed by atoms with van der Waals surface area (Å²) in [6.45, 7) is 0. The first-order valence-electron chi connectivity index (χ1n) is 2.95. The minimum absolute atomic E-state index is 0.154. The number of halogens is 3. The molecule has 0 aliphatic carbocycles. The van der Waals surface area contributed by atoms with Crippen molar-refractivity contribution in [3.05, 3.63) is 21.6 Å². The molecule has 0 aromatic carbocycles. The maximum Gasteiger partial charge on any atom is 0.195 e. The first-order chi connectivity index (χ1) is 5.68. The fraction of sp³-hybridized carbons (Fsp3) is 0. The van der Waals surface area contributed by atoms with Gasteiger partial charge in [0.2, 0.25) is 0 Å². The molecule has 0 spiro atoms. The lowest BCUT2D eigenvalue weighted by atomic mass is 10.4. The molecular formula is C6HCl3N2O. The Kier molecular flexibility index (Phi) is 1.87. The number of nitrogens with zero attached hydrogens (tertiary/aromatic N) is 2. The van der Waals surface area contributed by atoms with Gasteiger partial charge >= 0.3 is 0 Å². The predicted octanol–water partition coefficient (Wildman–Crippen LogP) is 3.18. The summed E-state index contributed by atoms with van der Waals surface area (Å²) >= 11 is 16.9. The van der Waals surface area contributed by atoms with E-state index in [0.29, 0.717) is 11.0 Å². The van der Waals surface area contributed by atoms with E-state index in [1.807, 2.05) is 0 Å². The highest BCUT2D eigenvalue weighted by Crippen LogP contribution is 2.30. The molecule has 2 aromatic heterocycles. The molecule has 0 fully saturated rings. The summed E-state index contributed by atoms with van der Waals surface area (Å²) in [7, 11) is 0. The minimum Gasteiger partial charge on any atom is -0.441 e. The van der Waals surface area contributed by atoms with Crippen LogP contribution in [0.3, 0.4) is 0 Å². The summed E-state index contributed by atoms with van der Waals surface area (Å²) in [4.78, 5) is 0. The van der Waals surface area contributed by atoms with Gasteiger partial charge in [-0.1, -0.05) is 23.2 Å². The summed E-state index contributed by atoms with van der Waals surface area (Å²) in [5, 5.41) is 8.30. The Morgan fingerprint density at radius 1 is 1.08 bits per heavy atom. The molecule has 0 saturated carbocycles. The molecule has 2 rings (SSSR count). The van der Waals surface area contributed by atoms with Crippen molar-refractivity contribution in [2.24, 2.45) is 0 Å². The second kappa shape index (κ2) is 2.76. The Morgan fingerprint density at radius 2 is 1.75 bits per heavy atom. The van der Waals surface area contributed by atoms with Gasteiger partial charge in [0.25, 0.3) is 0 Å². The Morgan fingerprint density at radius 3 is 2.42 bits per heavy atom. The summed E-state index contributed by atoms with van der Waals surface area (Å²) in [6.07, 6.45) is 0. The van der Waals surface area contributed by atoms with Crippen LogP contribution >= 0.6 is 34.8 Å². The van der Waals surface area contributed by atoms with Gasteiger partial charge in [0.05, 0.1) is 5.39 Å². The van der Waals surface area contributed by atoms with Crippen LogP contribution in [0.4, 0.5) is 0 Å². The molecule has 3 nitrogen and oxygen atoms in total. The summed E-state index contributed by atoms with van der Waals surface area (Å²) in [6, 6.07) is 1.54. The molecule has 6 heteroatoms. The maximum atomic E-state index is 5.69. The zero-order valence-corrected chi connectivity index (χ0v) is 7.78. The number of aromatic nitrogens is 2. The van der Waals surface area contributed by atoms with Crippen LogP contribution in [-0.2, 0) is 0 Å². The molecule has 0 amide bonds. The molecule has 62 valence electrons. The van der Waals surface area contributed by atoms with Gasteiger partial charge in [0, 0.05) is 6.07 Å². The van der Waals surface area contributed by atoms with E-state index in [2.05, 4.69) is 10.2 Å². The van der Waals surface area contributed by atoms with Crippen LogP contribution in [0.25, 0.3) is 11.0 Å². The third-order valence-corrected chi connectivity index (χ3v) is 2.05. The number of fused-ring (bicyclic) bond motifs is 1. The van der Waals surface area contributed by atoms with Crippen molar-refractivity contribution in [3.8, 4) is 0 Å². The van der Waals surface area contributed by atoms with Crippen LogP contribution in [-0.4, -0.2) is 10.2 Å². The van der Waals surface area contributed by atoms with Gasteiger partial charge < -0.3 is 4.42 Å². The second-order valence-corrected chi connectivity index (χ2v) is 3.16. The molecule has 0 saturated heterocycles. The van der Waals surface area contributed by atoms with Crippen molar-refractivity contribution in [1.29, 1.82) is 0 Å². The number of hydrogen-bond acceptors (Lipinski definition) is 3. The Bertz CT molecular complexity index is 401. The van der Waals surface area contributed by atoms with Crippen LogP contribution in [0.5, 0.6) is 0 Å². The summed E-state index contributed by atoms with van der Waals surface area (Å²) < 4.78 is 5.03. The molecular weight excluding hydrogens is 222 g/mol. The Labute approximate surface area is 82.2 Å². The van der Waals surface area contributed by atoms with E-state index >= 15 is 0 Å². The predicted molar refractivity (Wildman–Crippen MR) is 46.8 cm³/mol. The first-order valence-corrected chi connectivity index (χ1v) is 4.08. The zero-order chi connectivity index (χ0) is 8.72. The standard InChI is InChI=1S/C6HCl3N2O/c7-3-1-2-4(12-3)6(9)11-10-5(2)8/h1H. The van der Waals surface area contributed by atoms with Gasteiger partial charge in [0.1, 0.15) is 0 Å². The third kappa shape index (κ3) is 1.14. The lowest BCUT2D eigenvalue weighted by Gasteiger charge is -1.90. The van der Waals surface area contributed by atoms with Gasteiger partial charge in [-0.05, 0) is 11.6 Å². The molecule has 0 bridgehead atoms. The molecule has 12 heavy (non-hydrogen) atoms. The van der Waals surface area contributed by atoms with Gasteiger partial charge in [-0.25, -0.2) is 0 Å². The highest BCUT2D eigenvalue weighted by Gasteiger charge is 2.11.